The van der Waals surface area contributed by atoms with Crippen molar-refractivity contribution in [3.8, 4) is 0 Å². The molecule has 0 radical (unpaired) electrons. The zero-order valence-electron chi connectivity index (χ0n) is 33.1. The first-order chi connectivity index (χ1) is 27.0. The molecule has 22 atom stereocenters. The van der Waals surface area contributed by atoms with E-state index in [2.05, 4.69) is 19.9 Å². The van der Waals surface area contributed by atoms with E-state index < -0.39 is 105 Å². The summed E-state index contributed by atoms with van der Waals surface area (Å²) in [4.78, 5) is 0. The molecule has 0 aromatic rings. The quantitative estimate of drug-likeness (QED) is 0.157. The van der Waals surface area contributed by atoms with Crippen LogP contribution in [0.5, 0.6) is 0 Å². The topological polar surface area (TPSA) is 247 Å². The van der Waals surface area contributed by atoms with Crippen molar-refractivity contribution in [2.75, 3.05) is 19.8 Å². The second-order valence-corrected chi connectivity index (χ2v) is 19.1. The predicted molar refractivity (Wildman–Crippen MR) is 194 cm³/mol. The Bertz CT molecular complexity index is 1610. The Morgan fingerprint density at radius 1 is 0.789 bits per heavy atom. The van der Waals surface area contributed by atoms with Gasteiger partial charge in [0.1, 0.15) is 54.9 Å². The van der Waals surface area contributed by atoms with E-state index in [1.807, 2.05) is 6.92 Å². The molecule has 57 heavy (non-hydrogen) atoms. The third-order valence-corrected chi connectivity index (χ3v) is 16.4. The highest BCUT2D eigenvalue weighted by Gasteiger charge is 2.75. The molecule has 9 N–H and O–H groups in total. The summed E-state index contributed by atoms with van der Waals surface area (Å²) in [7, 11) is 0. The standard InChI is InChI=1S/C41H62O16/c1-17-16-51-40(4)41(17,50)34-32(57-40)26(35(49)56-34)23-8-7-21-20-6-5-18-13-19(9-11-38(18,2)22(20)10-12-39(21,23)3)52-37-33(30(47)28(45)25(15-43)54-37)55-36-31(48)29(46)27(44)24(14-42)53-36/h7,17-19,23-37,42-50H,5-6,8-16H2,1-4H3/t17-,18-,19-,23+,24+,25+,26-,27-,28+,29-,30-,31+,32+,33+,34-,35-,36-,37+,38-,39-,40-,41?/m0/s1. The van der Waals surface area contributed by atoms with E-state index >= 15 is 0 Å². The number of allylic oxidation sites excluding steroid dienone is 4. The zero-order chi connectivity index (χ0) is 40.6. The van der Waals surface area contributed by atoms with Crippen molar-refractivity contribution in [2.24, 2.45) is 34.5 Å². The first kappa shape index (κ1) is 41.2. The summed E-state index contributed by atoms with van der Waals surface area (Å²) >= 11 is 0. The van der Waals surface area contributed by atoms with Gasteiger partial charge in [0.15, 0.2) is 30.3 Å². The number of ether oxygens (including phenoxy) is 7. The van der Waals surface area contributed by atoms with Gasteiger partial charge in [-0.05, 0) is 92.1 Å². The summed E-state index contributed by atoms with van der Waals surface area (Å²) in [6.45, 7) is 7.50. The zero-order valence-corrected chi connectivity index (χ0v) is 33.1. The van der Waals surface area contributed by atoms with Gasteiger partial charge in [-0.15, -0.1) is 0 Å². The van der Waals surface area contributed by atoms with Gasteiger partial charge in [-0.1, -0.05) is 32.4 Å². The van der Waals surface area contributed by atoms with Gasteiger partial charge in [-0.25, -0.2) is 0 Å². The maximum Gasteiger partial charge on any atom is 0.197 e. The van der Waals surface area contributed by atoms with E-state index in [0.717, 1.165) is 38.5 Å². The normalized spacial score (nSPS) is 57.2. The van der Waals surface area contributed by atoms with Crippen LogP contribution in [0.4, 0.5) is 0 Å². The van der Waals surface area contributed by atoms with Crippen LogP contribution in [-0.2, 0) is 33.2 Å². The first-order valence-electron chi connectivity index (χ1n) is 21.1. The highest BCUT2D eigenvalue weighted by Crippen LogP contribution is 2.67. The van der Waals surface area contributed by atoms with Gasteiger partial charge < -0.3 is 79.1 Å². The van der Waals surface area contributed by atoms with Crippen LogP contribution in [0.15, 0.2) is 22.8 Å². The average molecular weight is 811 g/mol. The number of fused-ring (bicyclic) bond motifs is 7. The molecule has 0 spiro atoms. The summed E-state index contributed by atoms with van der Waals surface area (Å²) in [5, 5.41) is 96.1. The van der Waals surface area contributed by atoms with Crippen molar-refractivity contribution in [3.63, 3.8) is 0 Å². The van der Waals surface area contributed by atoms with E-state index in [0.29, 0.717) is 19.4 Å². The van der Waals surface area contributed by atoms with Gasteiger partial charge >= 0.3 is 0 Å². The number of aliphatic hydroxyl groups is 9. The lowest BCUT2D eigenvalue weighted by molar-refractivity contribution is -0.373. The third-order valence-electron chi connectivity index (χ3n) is 16.4. The second kappa shape index (κ2) is 14.5. The Hall–Kier alpha value is -1.16. The molecule has 9 rings (SSSR count). The van der Waals surface area contributed by atoms with Crippen LogP contribution in [0, 0.1) is 34.5 Å². The second-order valence-electron chi connectivity index (χ2n) is 19.1. The molecule has 322 valence electrons. The lowest BCUT2D eigenvalue weighted by Gasteiger charge is -2.54. The summed E-state index contributed by atoms with van der Waals surface area (Å²) in [5.74, 6) is -1.37. The van der Waals surface area contributed by atoms with Crippen molar-refractivity contribution < 1.29 is 79.1 Å². The fourth-order valence-corrected chi connectivity index (χ4v) is 12.9. The fourth-order valence-electron chi connectivity index (χ4n) is 12.9. The molecule has 0 bridgehead atoms. The Morgan fingerprint density at radius 2 is 1.49 bits per heavy atom. The largest absolute Gasteiger partial charge is 0.394 e. The number of hydrogen-bond donors (Lipinski definition) is 9. The monoisotopic (exact) mass is 810 g/mol. The third kappa shape index (κ3) is 5.92. The van der Waals surface area contributed by atoms with Gasteiger partial charge in [0.2, 0.25) is 0 Å². The molecule has 5 aliphatic heterocycles. The van der Waals surface area contributed by atoms with Gasteiger partial charge in [-0.3, -0.25) is 0 Å². The molecule has 0 amide bonds. The van der Waals surface area contributed by atoms with Gasteiger partial charge in [-0.2, -0.15) is 0 Å². The van der Waals surface area contributed by atoms with Gasteiger partial charge in [0, 0.05) is 11.8 Å². The molecule has 1 saturated carbocycles. The minimum atomic E-state index is -1.75. The maximum atomic E-state index is 11.9. The summed E-state index contributed by atoms with van der Waals surface area (Å²) in [6.07, 6.45) is -8.53. The molecule has 0 aromatic heterocycles. The predicted octanol–water partition coefficient (Wildman–Crippen LogP) is -0.515. The van der Waals surface area contributed by atoms with E-state index in [1.165, 1.54) is 16.7 Å². The summed E-state index contributed by atoms with van der Waals surface area (Å²) in [5.41, 5.74) is 2.63. The van der Waals surface area contributed by atoms with E-state index in [9.17, 15) is 46.0 Å². The van der Waals surface area contributed by atoms with Crippen LogP contribution in [-0.4, -0.2) is 163 Å². The molecular formula is C41H62O16. The van der Waals surface area contributed by atoms with Crippen LogP contribution >= 0.6 is 0 Å². The molecule has 16 nitrogen and oxygen atoms in total. The van der Waals surface area contributed by atoms with Crippen LogP contribution in [0.3, 0.4) is 0 Å². The highest BCUT2D eigenvalue weighted by atomic mass is 16.8. The summed E-state index contributed by atoms with van der Waals surface area (Å²) < 4.78 is 42.7. The van der Waals surface area contributed by atoms with Crippen LogP contribution in [0.2, 0.25) is 0 Å². The first-order valence-corrected chi connectivity index (χ1v) is 21.1. The van der Waals surface area contributed by atoms with E-state index in [1.54, 1.807) is 6.92 Å². The van der Waals surface area contributed by atoms with Crippen molar-refractivity contribution in [2.45, 2.75) is 176 Å². The van der Waals surface area contributed by atoms with Crippen molar-refractivity contribution in [3.05, 3.63) is 22.8 Å². The molecule has 5 saturated heterocycles. The average Bonchev–Trinajstić information content (AvgIpc) is 3.83. The Labute approximate surface area is 332 Å². The molecule has 6 fully saturated rings. The van der Waals surface area contributed by atoms with Crippen LogP contribution in [0.25, 0.3) is 0 Å². The lowest BCUT2D eigenvalue weighted by Crippen LogP contribution is -2.65. The van der Waals surface area contributed by atoms with Crippen molar-refractivity contribution in [1.82, 2.24) is 0 Å². The smallest absolute Gasteiger partial charge is 0.197 e. The molecule has 4 aliphatic carbocycles. The van der Waals surface area contributed by atoms with Crippen LogP contribution < -0.4 is 0 Å². The maximum absolute atomic E-state index is 11.9. The molecular weight excluding hydrogens is 748 g/mol. The summed E-state index contributed by atoms with van der Waals surface area (Å²) in [6, 6.07) is 0. The van der Waals surface area contributed by atoms with E-state index in [4.69, 9.17) is 33.2 Å². The minimum Gasteiger partial charge on any atom is -0.394 e. The molecule has 1 unspecified atom stereocenters. The van der Waals surface area contributed by atoms with E-state index in [-0.39, 0.29) is 40.6 Å². The lowest BCUT2D eigenvalue weighted by atomic mass is 9.51. The van der Waals surface area contributed by atoms with Gasteiger partial charge in [0.05, 0.1) is 32.0 Å². The Kier molecular flexibility index (Phi) is 10.5. The number of hydrogen-bond acceptors (Lipinski definition) is 16. The number of rotatable bonds is 7. The molecule has 16 heteroatoms. The SMILES string of the molecule is C[C@H]1CO[C@@]2(C)O[C@@H]3[C@H]([C@H]4CC=C5C6=C(CC[C@@]54C)[C@@]4(C)CC[C@H](O[C@@H]5O[C@H](CO)[C@@H](O)[C@H](O)[C@H]5O[C@@H]5O[C@H](CO)[C@H](O)[C@H](O)[C@H]5O)C[C@@H]4CC6)[C@@H](O)O[C@@H]3C12O. The Balaban J connectivity index is 0.903. The van der Waals surface area contributed by atoms with Gasteiger partial charge in [0.25, 0.3) is 0 Å². The molecule has 5 heterocycles. The molecule has 9 aliphatic rings. The number of aliphatic hydroxyl groups excluding tert-OH is 8. The van der Waals surface area contributed by atoms with Crippen molar-refractivity contribution in [1.29, 1.82) is 0 Å². The minimum absolute atomic E-state index is 0.0628. The molecule has 0 aromatic carbocycles. The fraction of sp³-hybridized carbons (Fsp3) is 0.902. The van der Waals surface area contributed by atoms with Crippen molar-refractivity contribution >= 4 is 0 Å². The van der Waals surface area contributed by atoms with Crippen LogP contribution in [0.1, 0.15) is 79.1 Å². The Morgan fingerprint density at radius 3 is 2.21 bits per heavy atom. The highest BCUT2D eigenvalue weighted by molar-refractivity contribution is 5.50.